The van der Waals surface area contributed by atoms with E-state index in [-0.39, 0.29) is 6.42 Å². The van der Waals surface area contributed by atoms with Crippen LogP contribution >= 0.6 is 0 Å². The van der Waals surface area contributed by atoms with Gasteiger partial charge in [0.15, 0.2) is 5.60 Å². The van der Waals surface area contributed by atoms with Crippen LogP contribution in [0.2, 0.25) is 0 Å². The fourth-order valence-corrected chi connectivity index (χ4v) is 1.55. The van der Waals surface area contributed by atoms with Gasteiger partial charge in [-0.15, -0.1) is 0 Å². The summed E-state index contributed by atoms with van der Waals surface area (Å²) < 4.78 is 18.3. The van der Waals surface area contributed by atoms with Gasteiger partial charge in [-0.1, -0.05) is 0 Å². The first-order valence-electron chi connectivity index (χ1n) is 6.18. The molecule has 1 rings (SSSR count). The number of carboxylic acids is 1. The lowest BCUT2D eigenvalue weighted by Crippen LogP contribution is -2.49. The van der Waals surface area contributed by atoms with Crippen molar-refractivity contribution in [3.05, 3.63) is 30.1 Å². The van der Waals surface area contributed by atoms with Crippen LogP contribution in [-0.2, 0) is 9.59 Å². The number of ether oxygens (including phenoxy) is 1. The molecule has 6 heteroatoms. The first kappa shape index (κ1) is 15.9. The number of nitrogens with one attached hydrogen (secondary N) is 1. The van der Waals surface area contributed by atoms with Crippen LogP contribution in [-0.4, -0.2) is 28.6 Å². The number of amides is 1. The molecule has 2 N–H and O–H groups in total. The van der Waals surface area contributed by atoms with Gasteiger partial charge in [0, 0.05) is 6.04 Å². The van der Waals surface area contributed by atoms with E-state index in [1.165, 1.54) is 24.3 Å². The summed E-state index contributed by atoms with van der Waals surface area (Å²) in [6, 6.07) is 4.80. The molecule has 0 heterocycles. The zero-order valence-corrected chi connectivity index (χ0v) is 11.6. The van der Waals surface area contributed by atoms with E-state index >= 15 is 0 Å². The molecule has 5 nitrogen and oxygen atoms in total. The molecule has 0 aliphatic carbocycles. The van der Waals surface area contributed by atoms with Crippen molar-refractivity contribution in [2.24, 2.45) is 0 Å². The number of benzene rings is 1. The largest absolute Gasteiger partial charge is 0.481 e. The summed E-state index contributed by atoms with van der Waals surface area (Å²) in [5.74, 6) is -1.46. The minimum atomic E-state index is -1.19. The number of carboxylic acid groups (broad SMARTS) is 1. The maximum atomic E-state index is 12.8. The average molecular weight is 283 g/mol. The van der Waals surface area contributed by atoms with Crippen LogP contribution in [0, 0.1) is 5.82 Å². The summed E-state index contributed by atoms with van der Waals surface area (Å²) in [6.45, 7) is 4.71. The summed E-state index contributed by atoms with van der Waals surface area (Å²) in [5.41, 5.74) is -1.19. The second-order valence-corrected chi connectivity index (χ2v) is 5.04. The molecular weight excluding hydrogens is 265 g/mol. The van der Waals surface area contributed by atoms with Crippen molar-refractivity contribution in [1.29, 1.82) is 0 Å². The van der Waals surface area contributed by atoms with E-state index in [1.54, 1.807) is 20.8 Å². The SMILES string of the molecule is CC(CC(=O)O)NC(=O)C(C)(C)Oc1ccc(F)cc1. The minimum absolute atomic E-state index is 0.168. The number of halogens is 1. The molecule has 1 unspecified atom stereocenters. The fraction of sp³-hybridized carbons (Fsp3) is 0.429. The standard InChI is InChI=1S/C14H18FNO4/c1-9(8-12(17)18)16-13(19)14(2,3)20-11-6-4-10(15)5-7-11/h4-7,9H,8H2,1-3H3,(H,16,19)(H,17,18). The van der Waals surface area contributed by atoms with Gasteiger partial charge in [-0.25, -0.2) is 4.39 Å². The summed E-state index contributed by atoms with van der Waals surface area (Å²) >= 11 is 0. The van der Waals surface area contributed by atoms with Gasteiger partial charge in [0.1, 0.15) is 11.6 Å². The van der Waals surface area contributed by atoms with Crippen molar-refractivity contribution < 1.29 is 23.8 Å². The fourth-order valence-electron chi connectivity index (χ4n) is 1.55. The van der Waals surface area contributed by atoms with Crippen molar-refractivity contribution in [3.63, 3.8) is 0 Å². The van der Waals surface area contributed by atoms with E-state index in [4.69, 9.17) is 9.84 Å². The lowest BCUT2D eigenvalue weighted by molar-refractivity contribution is -0.138. The molecule has 1 atom stereocenters. The maximum Gasteiger partial charge on any atom is 0.305 e. The zero-order chi connectivity index (χ0) is 15.3. The van der Waals surface area contributed by atoms with Gasteiger partial charge in [0.2, 0.25) is 0 Å². The van der Waals surface area contributed by atoms with Gasteiger partial charge in [0.25, 0.3) is 5.91 Å². The quantitative estimate of drug-likeness (QED) is 0.837. The van der Waals surface area contributed by atoms with Crippen molar-refractivity contribution in [2.75, 3.05) is 0 Å². The van der Waals surface area contributed by atoms with Gasteiger partial charge in [-0.3, -0.25) is 9.59 Å². The average Bonchev–Trinajstić information content (AvgIpc) is 2.30. The van der Waals surface area contributed by atoms with Crippen molar-refractivity contribution in [3.8, 4) is 5.75 Å². The third kappa shape index (κ3) is 4.87. The second kappa shape index (κ2) is 6.36. The Balaban J connectivity index is 2.65. The van der Waals surface area contributed by atoms with Crippen LogP contribution in [0.1, 0.15) is 27.2 Å². The molecule has 20 heavy (non-hydrogen) atoms. The molecule has 0 saturated heterocycles. The molecule has 0 bridgehead atoms. The summed E-state index contributed by atoms with van der Waals surface area (Å²) in [4.78, 5) is 22.6. The first-order chi connectivity index (χ1) is 9.20. The van der Waals surface area contributed by atoms with Gasteiger partial charge < -0.3 is 15.2 Å². The number of aliphatic carboxylic acids is 1. The first-order valence-corrected chi connectivity index (χ1v) is 6.18. The highest BCUT2D eigenvalue weighted by molar-refractivity contribution is 5.85. The van der Waals surface area contributed by atoms with E-state index in [0.717, 1.165) is 0 Å². The lowest BCUT2D eigenvalue weighted by Gasteiger charge is -2.27. The van der Waals surface area contributed by atoms with E-state index in [1.807, 2.05) is 0 Å². The minimum Gasteiger partial charge on any atom is -0.481 e. The molecular formula is C14H18FNO4. The third-order valence-electron chi connectivity index (χ3n) is 2.59. The van der Waals surface area contributed by atoms with Crippen LogP contribution in [0.5, 0.6) is 5.75 Å². The highest BCUT2D eigenvalue weighted by Crippen LogP contribution is 2.19. The molecule has 0 radical (unpaired) electrons. The van der Waals surface area contributed by atoms with Crippen LogP contribution in [0.4, 0.5) is 4.39 Å². The molecule has 0 saturated carbocycles. The van der Waals surface area contributed by atoms with Crippen LogP contribution < -0.4 is 10.1 Å². The summed E-state index contributed by atoms with van der Waals surface area (Å²) in [5, 5.41) is 11.2. The third-order valence-corrected chi connectivity index (χ3v) is 2.59. The zero-order valence-electron chi connectivity index (χ0n) is 11.6. The number of carbonyl (C=O) groups is 2. The predicted molar refractivity (Wildman–Crippen MR) is 71.0 cm³/mol. The Morgan fingerprint density at radius 3 is 2.40 bits per heavy atom. The Bertz CT molecular complexity index is 484. The lowest BCUT2D eigenvalue weighted by atomic mass is 10.1. The van der Waals surface area contributed by atoms with Gasteiger partial charge in [-0.2, -0.15) is 0 Å². The molecule has 1 amide bonds. The monoisotopic (exact) mass is 283 g/mol. The number of hydrogen-bond acceptors (Lipinski definition) is 3. The molecule has 1 aromatic carbocycles. The van der Waals surface area contributed by atoms with E-state index < -0.39 is 29.3 Å². The number of rotatable bonds is 6. The van der Waals surface area contributed by atoms with Crippen LogP contribution in [0.25, 0.3) is 0 Å². The summed E-state index contributed by atoms with van der Waals surface area (Å²) in [6.07, 6.45) is -0.168. The number of hydrogen-bond donors (Lipinski definition) is 2. The Kier molecular flexibility index (Phi) is 5.07. The van der Waals surface area contributed by atoms with Gasteiger partial charge in [0.05, 0.1) is 6.42 Å². The highest BCUT2D eigenvalue weighted by Gasteiger charge is 2.31. The second-order valence-electron chi connectivity index (χ2n) is 5.04. The molecule has 0 spiro atoms. The molecule has 110 valence electrons. The van der Waals surface area contributed by atoms with Crippen molar-refractivity contribution in [2.45, 2.75) is 38.8 Å². The Labute approximate surface area is 116 Å². The topological polar surface area (TPSA) is 75.6 Å². The van der Waals surface area contributed by atoms with Gasteiger partial charge >= 0.3 is 5.97 Å². The molecule has 0 aromatic heterocycles. The normalized spacial score (nSPS) is 12.6. The maximum absolute atomic E-state index is 12.8. The molecule has 0 aliphatic rings. The predicted octanol–water partition coefficient (Wildman–Crippen LogP) is 1.96. The van der Waals surface area contributed by atoms with E-state index in [0.29, 0.717) is 5.75 Å². The molecule has 0 aliphatic heterocycles. The van der Waals surface area contributed by atoms with Crippen molar-refractivity contribution >= 4 is 11.9 Å². The Morgan fingerprint density at radius 2 is 1.90 bits per heavy atom. The molecule has 1 aromatic rings. The van der Waals surface area contributed by atoms with Crippen LogP contribution in [0.3, 0.4) is 0 Å². The number of carbonyl (C=O) groups excluding carboxylic acids is 1. The smallest absolute Gasteiger partial charge is 0.305 e. The molecule has 0 fully saturated rings. The van der Waals surface area contributed by atoms with Crippen molar-refractivity contribution in [1.82, 2.24) is 5.32 Å². The van der Waals surface area contributed by atoms with E-state index in [2.05, 4.69) is 5.32 Å². The highest BCUT2D eigenvalue weighted by atomic mass is 19.1. The van der Waals surface area contributed by atoms with Gasteiger partial charge in [-0.05, 0) is 45.0 Å². The van der Waals surface area contributed by atoms with E-state index in [9.17, 15) is 14.0 Å². The Morgan fingerprint density at radius 1 is 1.35 bits per heavy atom. The Hall–Kier alpha value is -2.11. The summed E-state index contributed by atoms with van der Waals surface area (Å²) in [7, 11) is 0. The van der Waals surface area contributed by atoms with Crippen LogP contribution in [0.15, 0.2) is 24.3 Å².